The van der Waals surface area contributed by atoms with Crippen LogP contribution in [0.15, 0.2) is 54.4 Å². The van der Waals surface area contributed by atoms with Crippen LogP contribution in [-0.4, -0.2) is 44.7 Å². The number of ketones is 1. The Hall–Kier alpha value is -3.91. The van der Waals surface area contributed by atoms with E-state index in [-0.39, 0.29) is 29.1 Å². The number of rotatable bonds is 5. The van der Waals surface area contributed by atoms with E-state index in [9.17, 15) is 19.5 Å². The fourth-order valence-corrected chi connectivity index (χ4v) is 4.40. The molecule has 1 aromatic carbocycles. The molecular formula is C25H22ClN3O5. The fraction of sp³-hybridized carbons (Fsp3) is 0.200. The van der Waals surface area contributed by atoms with Gasteiger partial charge in [0.15, 0.2) is 0 Å². The van der Waals surface area contributed by atoms with Crippen LogP contribution in [0.2, 0.25) is 5.02 Å². The summed E-state index contributed by atoms with van der Waals surface area (Å²) in [5, 5.41) is 11.9. The molecule has 9 heteroatoms. The zero-order chi connectivity index (χ0) is 24.6. The summed E-state index contributed by atoms with van der Waals surface area (Å²) in [6.45, 7) is 3.41. The van der Waals surface area contributed by atoms with Crippen molar-refractivity contribution in [1.82, 2.24) is 14.9 Å². The van der Waals surface area contributed by atoms with Crippen LogP contribution in [-0.2, 0) is 20.9 Å². The number of Topliss-reactive ketones (excluding diaryl/α,β-unsaturated/α-hetero) is 1. The first-order valence-electron chi connectivity index (χ1n) is 10.4. The maximum atomic E-state index is 13.2. The van der Waals surface area contributed by atoms with E-state index in [1.165, 1.54) is 12.0 Å². The quantitative estimate of drug-likeness (QED) is 0.247. The van der Waals surface area contributed by atoms with Gasteiger partial charge in [-0.3, -0.25) is 14.6 Å². The monoisotopic (exact) mass is 479 g/mol. The van der Waals surface area contributed by atoms with Crippen molar-refractivity contribution in [2.75, 3.05) is 7.11 Å². The van der Waals surface area contributed by atoms with Gasteiger partial charge in [0, 0.05) is 35.2 Å². The number of esters is 1. The molecule has 0 saturated carbocycles. The molecule has 3 aromatic rings. The molecule has 0 unspecified atom stereocenters. The molecule has 1 amide bonds. The molecule has 1 fully saturated rings. The van der Waals surface area contributed by atoms with Gasteiger partial charge in [0.25, 0.3) is 11.7 Å². The van der Waals surface area contributed by atoms with Gasteiger partial charge in [0.1, 0.15) is 11.5 Å². The first-order chi connectivity index (χ1) is 16.2. The third-order valence-electron chi connectivity index (χ3n) is 5.87. The van der Waals surface area contributed by atoms with E-state index < -0.39 is 23.7 Å². The molecule has 2 N–H and O–H groups in total. The van der Waals surface area contributed by atoms with Crippen LogP contribution in [0.4, 0.5) is 0 Å². The number of nitrogens with zero attached hydrogens (tertiary/aromatic N) is 2. The van der Waals surface area contributed by atoms with Crippen LogP contribution in [0.25, 0.3) is 5.76 Å². The first kappa shape index (κ1) is 23.3. The van der Waals surface area contributed by atoms with Crippen molar-refractivity contribution in [2.45, 2.75) is 26.4 Å². The molecule has 1 aliphatic rings. The van der Waals surface area contributed by atoms with Gasteiger partial charge in [-0.15, -0.1) is 0 Å². The average Bonchev–Trinajstić information content (AvgIpc) is 3.27. The number of aryl methyl sites for hydroxylation is 1. The molecule has 2 aromatic heterocycles. The number of carbonyl (C=O) groups excluding carboxylic acids is 3. The Bertz CT molecular complexity index is 1310. The van der Waals surface area contributed by atoms with E-state index in [1.807, 2.05) is 0 Å². The van der Waals surface area contributed by atoms with Crippen LogP contribution in [0.1, 0.15) is 44.5 Å². The normalized spacial score (nSPS) is 17.3. The number of H-pyrrole nitrogens is 1. The van der Waals surface area contributed by atoms with Crippen molar-refractivity contribution in [2.24, 2.45) is 0 Å². The third kappa shape index (κ3) is 3.97. The molecule has 1 aliphatic heterocycles. The number of aromatic amines is 1. The zero-order valence-electron chi connectivity index (χ0n) is 18.8. The largest absolute Gasteiger partial charge is 0.507 e. The van der Waals surface area contributed by atoms with Crippen LogP contribution < -0.4 is 0 Å². The van der Waals surface area contributed by atoms with Crippen molar-refractivity contribution < 1.29 is 24.2 Å². The maximum absolute atomic E-state index is 13.2. The second kappa shape index (κ2) is 9.15. The average molecular weight is 480 g/mol. The van der Waals surface area contributed by atoms with E-state index in [0.717, 1.165) is 5.56 Å². The van der Waals surface area contributed by atoms with E-state index >= 15 is 0 Å². The highest BCUT2D eigenvalue weighted by Gasteiger charge is 2.46. The van der Waals surface area contributed by atoms with Crippen molar-refractivity contribution in [3.05, 3.63) is 93.0 Å². The van der Waals surface area contributed by atoms with Crippen LogP contribution in [0.3, 0.4) is 0 Å². The van der Waals surface area contributed by atoms with Crippen molar-refractivity contribution in [3.8, 4) is 0 Å². The molecule has 1 atom stereocenters. The number of carbonyl (C=O) groups is 3. The van der Waals surface area contributed by atoms with E-state index in [2.05, 4.69) is 9.97 Å². The summed E-state index contributed by atoms with van der Waals surface area (Å²) in [7, 11) is 1.25. The Labute approximate surface area is 200 Å². The van der Waals surface area contributed by atoms with Gasteiger partial charge in [0.2, 0.25) is 0 Å². The molecule has 3 heterocycles. The summed E-state index contributed by atoms with van der Waals surface area (Å²) < 4.78 is 4.80. The molecule has 8 nitrogen and oxygen atoms in total. The number of hydrogen-bond donors (Lipinski definition) is 2. The number of ether oxygens (including phenoxy) is 1. The first-order valence-corrected chi connectivity index (χ1v) is 10.8. The number of aliphatic hydroxyl groups excluding tert-OH is 1. The standard InChI is InChI=1S/C25H22ClN3O5/c1-13-18(14(2)28-20(13)25(33)34-3)22(30)19-21(16-6-8-17(26)9-7-16)29(24(32)23(19)31)12-15-5-4-10-27-11-15/h4-11,21,28,30H,12H2,1-3H3/b22-19+/t21-/m0/s1. The highest BCUT2D eigenvalue weighted by atomic mass is 35.5. The van der Waals surface area contributed by atoms with Gasteiger partial charge < -0.3 is 19.7 Å². The number of aromatic nitrogens is 2. The molecular weight excluding hydrogens is 458 g/mol. The highest BCUT2D eigenvalue weighted by Crippen LogP contribution is 2.41. The summed E-state index contributed by atoms with van der Waals surface area (Å²) >= 11 is 6.06. The molecule has 0 radical (unpaired) electrons. The minimum atomic E-state index is -0.868. The van der Waals surface area contributed by atoms with Crippen LogP contribution in [0.5, 0.6) is 0 Å². The topological polar surface area (TPSA) is 113 Å². The predicted molar refractivity (Wildman–Crippen MR) is 125 cm³/mol. The lowest BCUT2D eigenvalue weighted by Gasteiger charge is -2.25. The number of amides is 1. The minimum Gasteiger partial charge on any atom is -0.507 e. The Morgan fingerprint density at radius 2 is 1.91 bits per heavy atom. The van der Waals surface area contributed by atoms with E-state index in [0.29, 0.717) is 21.8 Å². The maximum Gasteiger partial charge on any atom is 0.354 e. The van der Waals surface area contributed by atoms with Crippen molar-refractivity contribution in [1.29, 1.82) is 0 Å². The molecule has 1 saturated heterocycles. The number of aliphatic hydroxyl groups is 1. The molecule has 4 rings (SSSR count). The number of methoxy groups -OCH3 is 1. The van der Waals surface area contributed by atoms with Gasteiger partial charge in [-0.2, -0.15) is 0 Å². The lowest BCUT2D eigenvalue weighted by atomic mass is 9.94. The second-order valence-electron chi connectivity index (χ2n) is 7.96. The van der Waals surface area contributed by atoms with Crippen LogP contribution >= 0.6 is 11.6 Å². The molecule has 174 valence electrons. The smallest absolute Gasteiger partial charge is 0.354 e. The van der Waals surface area contributed by atoms with Gasteiger partial charge in [-0.1, -0.05) is 29.8 Å². The molecule has 0 spiro atoms. The van der Waals surface area contributed by atoms with Gasteiger partial charge in [-0.25, -0.2) is 4.79 Å². The third-order valence-corrected chi connectivity index (χ3v) is 6.12. The number of nitrogens with one attached hydrogen (secondary N) is 1. The van der Waals surface area contributed by atoms with Gasteiger partial charge in [0.05, 0.1) is 18.7 Å². The molecule has 0 bridgehead atoms. The van der Waals surface area contributed by atoms with Gasteiger partial charge in [-0.05, 0) is 48.7 Å². The Kier molecular flexibility index (Phi) is 6.26. The molecule has 0 aliphatic carbocycles. The summed E-state index contributed by atoms with van der Waals surface area (Å²) in [6, 6.07) is 9.40. The lowest BCUT2D eigenvalue weighted by molar-refractivity contribution is -0.140. The number of pyridine rings is 1. The Balaban J connectivity index is 1.91. The summed E-state index contributed by atoms with van der Waals surface area (Å²) in [4.78, 5) is 46.9. The second-order valence-corrected chi connectivity index (χ2v) is 8.39. The summed E-state index contributed by atoms with van der Waals surface area (Å²) in [5.74, 6) is -2.54. The zero-order valence-corrected chi connectivity index (χ0v) is 19.5. The summed E-state index contributed by atoms with van der Waals surface area (Å²) in [5.41, 5.74) is 2.57. The number of benzene rings is 1. The predicted octanol–water partition coefficient (Wildman–Crippen LogP) is 4.09. The SMILES string of the molecule is COC(=O)c1[nH]c(C)c(/C(O)=C2\C(=O)C(=O)N(Cc3cccnc3)[C@H]2c2ccc(Cl)cc2)c1C. The lowest BCUT2D eigenvalue weighted by Crippen LogP contribution is -2.29. The summed E-state index contributed by atoms with van der Waals surface area (Å²) in [6.07, 6.45) is 3.23. The van der Waals surface area contributed by atoms with Crippen molar-refractivity contribution in [3.63, 3.8) is 0 Å². The highest BCUT2D eigenvalue weighted by molar-refractivity contribution is 6.46. The Morgan fingerprint density at radius 3 is 2.53 bits per heavy atom. The number of hydrogen-bond acceptors (Lipinski definition) is 6. The number of halogens is 1. The van der Waals surface area contributed by atoms with Crippen LogP contribution in [0, 0.1) is 13.8 Å². The fourth-order valence-electron chi connectivity index (χ4n) is 4.27. The number of likely N-dealkylation sites (tertiary alicyclic amines) is 1. The molecule has 34 heavy (non-hydrogen) atoms. The van der Waals surface area contributed by atoms with Gasteiger partial charge >= 0.3 is 5.97 Å². The minimum absolute atomic E-state index is 0.0715. The van der Waals surface area contributed by atoms with E-state index in [4.69, 9.17) is 16.3 Å². The Morgan fingerprint density at radius 1 is 1.21 bits per heavy atom. The van der Waals surface area contributed by atoms with E-state index in [1.54, 1.807) is 62.6 Å². The van der Waals surface area contributed by atoms with Crippen molar-refractivity contribution >= 4 is 35.0 Å².